The van der Waals surface area contributed by atoms with Gasteiger partial charge in [0.25, 0.3) is 0 Å². The summed E-state index contributed by atoms with van der Waals surface area (Å²) in [7, 11) is 3.77. The standard InChI is InChI=1S/C15H25N3O/c1-16-14(13-19-2)12-17-8-10-18(11-9-17)15-6-4-3-5-7-15/h3-7,14,16H,8-13H2,1-2H3. The van der Waals surface area contributed by atoms with Crippen LogP contribution in [-0.4, -0.2) is 64.4 Å². The topological polar surface area (TPSA) is 27.7 Å². The maximum Gasteiger partial charge on any atom is 0.0628 e. The highest BCUT2D eigenvalue weighted by Gasteiger charge is 2.19. The number of piperazine rings is 1. The third-order valence-corrected chi connectivity index (χ3v) is 3.75. The van der Waals surface area contributed by atoms with Crippen molar-refractivity contribution in [2.45, 2.75) is 6.04 Å². The van der Waals surface area contributed by atoms with Gasteiger partial charge in [-0.05, 0) is 19.2 Å². The van der Waals surface area contributed by atoms with Crippen LogP contribution in [0.4, 0.5) is 5.69 Å². The summed E-state index contributed by atoms with van der Waals surface area (Å²) in [6.07, 6.45) is 0. The van der Waals surface area contributed by atoms with E-state index in [0.29, 0.717) is 6.04 Å². The Balaban J connectivity index is 1.79. The van der Waals surface area contributed by atoms with E-state index in [9.17, 15) is 0 Å². The lowest BCUT2D eigenvalue weighted by Gasteiger charge is -2.37. The molecule has 1 atom stereocenters. The lowest BCUT2D eigenvalue weighted by atomic mass is 10.2. The summed E-state index contributed by atoms with van der Waals surface area (Å²) in [6, 6.07) is 11.1. The summed E-state index contributed by atoms with van der Waals surface area (Å²) in [5.74, 6) is 0. The molecule has 1 fully saturated rings. The summed E-state index contributed by atoms with van der Waals surface area (Å²) in [5, 5.41) is 3.31. The van der Waals surface area contributed by atoms with Gasteiger partial charge in [-0.2, -0.15) is 0 Å². The van der Waals surface area contributed by atoms with Gasteiger partial charge in [0.2, 0.25) is 0 Å². The predicted molar refractivity (Wildman–Crippen MR) is 79.8 cm³/mol. The van der Waals surface area contributed by atoms with Crippen LogP contribution in [0.5, 0.6) is 0 Å². The highest BCUT2D eigenvalue weighted by atomic mass is 16.5. The van der Waals surface area contributed by atoms with Gasteiger partial charge in [0, 0.05) is 51.6 Å². The van der Waals surface area contributed by atoms with Crippen molar-refractivity contribution in [2.75, 3.05) is 58.4 Å². The number of methoxy groups -OCH3 is 1. The van der Waals surface area contributed by atoms with E-state index >= 15 is 0 Å². The fraction of sp³-hybridized carbons (Fsp3) is 0.600. The second kappa shape index (κ2) is 7.48. The third-order valence-electron chi connectivity index (χ3n) is 3.75. The molecule has 0 amide bonds. The Bertz CT molecular complexity index is 350. The summed E-state index contributed by atoms with van der Waals surface area (Å²) < 4.78 is 5.23. The van der Waals surface area contributed by atoms with Gasteiger partial charge in [0.15, 0.2) is 0 Å². The van der Waals surface area contributed by atoms with Crippen molar-refractivity contribution in [2.24, 2.45) is 0 Å². The Labute approximate surface area is 116 Å². The Kier molecular flexibility index (Phi) is 5.63. The Morgan fingerprint density at radius 3 is 2.42 bits per heavy atom. The number of para-hydroxylation sites is 1. The predicted octanol–water partition coefficient (Wildman–Crippen LogP) is 1.04. The number of nitrogens with one attached hydrogen (secondary N) is 1. The van der Waals surface area contributed by atoms with Crippen molar-refractivity contribution in [1.29, 1.82) is 0 Å². The summed E-state index contributed by atoms with van der Waals surface area (Å²) >= 11 is 0. The van der Waals surface area contributed by atoms with E-state index in [2.05, 4.69) is 45.4 Å². The molecular weight excluding hydrogens is 238 g/mol. The maximum atomic E-state index is 5.23. The van der Waals surface area contributed by atoms with Crippen LogP contribution in [0.3, 0.4) is 0 Å². The lowest BCUT2D eigenvalue weighted by Crippen LogP contribution is -2.51. The molecule has 1 aromatic carbocycles. The lowest BCUT2D eigenvalue weighted by molar-refractivity contribution is 0.138. The van der Waals surface area contributed by atoms with Gasteiger partial charge >= 0.3 is 0 Å². The molecule has 4 nitrogen and oxygen atoms in total. The van der Waals surface area contributed by atoms with Gasteiger partial charge in [-0.15, -0.1) is 0 Å². The molecule has 1 aromatic rings. The fourth-order valence-corrected chi connectivity index (χ4v) is 2.57. The molecule has 2 rings (SSSR count). The normalized spacial score (nSPS) is 18.5. The van der Waals surface area contributed by atoms with E-state index in [1.807, 2.05) is 7.05 Å². The monoisotopic (exact) mass is 263 g/mol. The Morgan fingerprint density at radius 1 is 1.16 bits per heavy atom. The average Bonchev–Trinajstić information content (AvgIpc) is 2.48. The molecule has 106 valence electrons. The SMILES string of the molecule is CNC(COC)CN1CCN(c2ccccc2)CC1. The van der Waals surface area contributed by atoms with Crippen LogP contribution in [-0.2, 0) is 4.74 Å². The molecule has 0 spiro atoms. The summed E-state index contributed by atoms with van der Waals surface area (Å²) in [4.78, 5) is 4.97. The van der Waals surface area contributed by atoms with Crippen LogP contribution in [0, 0.1) is 0 Å². The summed E-state index contributed by atoms with van der Waals surface area (Å²) in [6.45, 7) is 6.29. The van der Waals surface area contributed by atoms with Gasteiger partial charge < -0.3 is 15.0 Å². The second-order valence-corrected chi connectivity index (χ2v) is 5.06. The van der Waals surface area contributed by atoms with Gasteiger partial charge in [0.1, 0.15) is 0 Å². The first-order chi connectivity index (χ1) is 9.33. The van der Waals surface area contributed by atoms with Gasteiger partial charge in [-0.1, -0.05) is 18.2 Å². The van der Waals surface area contributed by atoms with Crippen molar-refractivity contribution >= 4 is 5.69 Å². The molecule has 0 bridgehead atoms. The number of benzene rings is 1. The number of hydrogen-bond donors (Lipinski definition) is 1. The fourth-order valence-electron chi connectivity index (χ4n) is 2.57. The number of rotatable bonds is 6. The first-order valence-corrected chi connectivity index (χ1v) is 7.02. The van der Waals surface area contributed by atoms with Crippen LogP contribution < -0.4 is 10.2 Å². The van der Waals surface area contributed by atoms with Crippen LogP contribution in [0.2, 0.25) is 0 Å². The average molecular weight is 263 g/mol. The van der Waals surface area contributed by atoms with Crippen molar-refractivity contribution in [3.8, 4) is 0 Å². The Hall–Kier alpha value is -1.10. The van der Waals surface area contributed by atoms with Gasteiger partial charge in [-0.3, -0.25) is 4.90 Å². The van der Waals surface area contributed by atoms with Crippen LogP contribution >= 0.6 is 0 Å². The molecule has 4 heteroatoms. The zero-order valence-electron chi connectivity index (χ0n) is 12.0. The van der Waals surface area contributed by atoms with Crippen LogP contribution in [0.1, 0.15) is 0 Å². The number of anilines is 1. The minimum absolute atomic E-state index is 0.424. The molecule has 1 aliphatic rings. The van der Waals surface area contributed by atoms with Crippen molar-refractivity contribution in [3.05, 3.63) is 30.3 Å². The minimum Gasteiger partial charge on any atom is -0.383 e. The van der Waals surface area contributed by atoms with Crippen molar-refractivity contribution in [3.63, 3.8) is 0 Å². The van der Waals surface area contributed by atoms with Crippen molar-refractivity contribution in [1.82, 2.24) is 10.2 Å². The number of likely N-dealkylation sites (N-methyl/N-ethyl adjacent to an activating group) is 1. The van der Waals surface area contributed by atoms with E-state index in [0.717, 1.165) is 39.3 Å². The quantitative estimate of drug-likeness (QED) is 0.830. The van der Waals surface area contributed by atoms with E-state index in [1.165, 1.54) is 5.69 Å². The molecule has 19 heavy (non-hydrogen) atoms. The molecule has 1 aliphatic heterocycles. The molecule has 1 heterocycles. The van der Waals surface area contributed by atoms with Gasteiger partial charge in [-0.25, -0.2) is 0 Å². The van der Waals surface area contributed by atoms with E-state index in [-0.39, 0.29) is 0 Å². The zero-order chi connectivity index (χ0) is 13.5. The third kappa shape index (κ3) is 4.20. The molecule has 0 aromatic heterocycles. The highest BCUT2D eigenvalue weighted by Crippen LogP contribution is 2.15. The highest BCUT2D eigenvalue weighted by molar-refractivity contribution is 5.46. The van der Waals surface area contributed by atoms with E-state index < -0.39 is 0 Å². The van der Waals surface area contributed by atoms with Crippen molar-refractivity contribution < 1.29 is 4.74 Å². The first-order valence-electron chi connectivity index (χ1n) is 7.02. The largest absolute Gasteiger partial charge is 0.383 e. The Morgan fingerprint density at radius 2 is 1.84 bits per heavy atom. The molecule has 1 unspecified atom stereocenters. The molecule has 0 aliphatic carbocycles. The van der Waals surface area contributed by atoms with E-state index in [1.54, 1.807) is 7.11 Å². The van der Waals surface area contributed by atoms with Crippen LogP contribution in [0.25, 0.3) is 0 Å². The number of hydrogen-bond acceptors (Lipinski definition) is 4. The molecule has 0 saturated carbocycles. The first kappa shape index (κ1) is 14.3. The summed E-state index contributed by atoms with van der Waals surface area (Å²) in [5.41, 5.74) is 1.34. The zero-order valence-corrected chi connectivity index (χ0v) is 12.0. The number of ether oxygens (including phenoxy) is 1. The van der Waals surface area contributed by atoms with Crippen LogP contribution in [0.15, 0.2) is 30.3 Å². The molecule has 0 radical (unpaired) electrons. The second-order valence-electron chi connectivity index (χ2n) is 5.06. The minimum atomic E-state index is 0.424. The molecular formula is C15H25N3O. The number of nitrogens with zero attached hydrogens (tertiary/aromatic N) is 2. The maximum absolute atomic E-state index is 5.23. The molecule has 1 N–H and O–H groups in total. The molecule has 1 saturated heterocycles. The van der Waals surface area contributed by atoms with E-state index in [4.69, 9.17) is 4.74 Å². The van der Waals surface area contributed by atoms with Gasteiger partial charge in [0.05, 0.1) is 6.61 Å². The smallest absolute Gasteiger partial charge is 0.0628 e.